The van der Waals surface area contributed by atoms with Crippen molar-refractivity contribution in [1.82, 2.24) is 9.38 Å². The Morgan fingerprint density at radius 2 is 2.27 bits per heavy atom. The fourth-order valence-electron chi connectivity index (χ4n) is 1.41. The molecule has 2 rings (SSSR count). The highest BCUT2D eigenvalue weighted by atomic mass is 35.5. The molecule has 4 nitrogen and oxygen atoms in total. The quantitative estimate of drug-likeness (QED) is 0.868. The topological polar surface area (TPSA) is 54.6 Å². The van der Waals surface area contributed by atoms with Crippen LogP contribution in [0.1, 0.15) is 12.1 Å². The van der Waals surface area contributed by atoms with E-state index in [1.807, 2.05) is 28.8 Å². The molecule has 0 aliphatic rings. The number of aromatic nitrogens is 2. The zero-order valence-electron chi connectivity index (χ0n) is 7.96. The lowest BCUT2D eigenvalue weighted by atomic mass is 10.2. The van der Waals surface area contributed by atoms with Crippen molar-refractivity contribution >= 4 is 24.0 Å². The van der Waals surface area contributed by atoms with Crippen LogP contribution in [0.5, 0.6) is 0 Å². The van der Waals surface area contributed by atoms with Crippen LogP contribution in [-0.2, 0) is 11.2 Å². The molecule has 0 fully saturated rings. The van der Waals surface area contributed by atoms with Gasteiger partial charge in [-0.2, -0.15) is 0 Å². The Morgan fingerprint density at radius 1 is 1.47 bits per heavy atom. The van der Waals surface area contributed by atoms with Crippen LogP contribution < -0.4 is 0 Å². The second-order valence-corrected chi connectivity index (χ2v) is 3.07. The Hall–Kier alpha value is -1.55. The van der Waals surface area contributed by atoms with Gasteiger partial charge in [0.1, 0.15) is 5.65 Å². The summed E-state index contributed by atoms with van der Waals surface area (Å²) in [6, 6.07) is 5.70. The zero-order chi connectivity index (χ0) is 9.97. The van der Waals surface area contributed by atoms with E-state index in [0.717, 1.165) is 11.3 Å². The number of aryl methyl sites for hydroxylation is 1. The van der Waals surface area contributed by atoms with Crippen LogP contribution in [0.15, 0.2) is 30.6 Å². The predicted molar refractivity (Wildman–Crippen MR) is 58.4 cm³/mol. The van der Waals surface area contributed by atoms with E-state index < -0.39 is 5.97 Å². The summed E-state index contributed by atoms with van der Waals surface area (Å²) < 4.78 is 1.91. The number of carboxylic acid groups (broad SMARTS) is 1. The molecule has 0 aliphatic heterocycles. The molecular weight excluding hydrogens is 216 g/mol. The Balaban J connectivity index is 0.00000112. The molecule has 0 bridgehead atoms. The van der Waals surface area contributed by atoms with Crippen molar-refractivity contribution in [2.24, 2.45) is 0 Å². The summed E-state index contributed by atoms with van der Waals surface area (Å²) in [6.07, 6.45) is 4.26. The molecule has 0 aliphatic carbocycles. The third kappa shape index (κ3) is 2.47. The number of hydrogen-bond donors (Lipinski definition) is 1. The number of carbonyl (C=O) groups is 1. The monoisotopic (exact) mass is 226 g/mol. The highest BCUT2D eigenvalue weighted by Crippen LogP contribution is 2.07. The molecule has 5 heteroatoms. The van der Waals surface area contributed by atoms with Crippen LogP contribution in [0.3, 0.4) is 0 Å². The smallest absolute Gasteiger partial charge is 0.303 e. The minimum atomic E-state index is -0.782. The van der Waals surface area contributed by atoms with Gasteiger partial charge >= 0.3 is 5.97 Å². The van der Waals surface area contributed by atoms with Crippen molar-refractivity contribution in [3.05, 3.63) is 36.3 Å². The van der Waals surface area contributed by atoms with Crippen LogP contribution in [0, 0.1) is 0 Å². The molecule has 1 N–H and O–H groups in total. The largest absolute Gasteiger partial charge is 0.481 e. The Morgan fingerprint density at radius 3 is 3.00 bits per heavy atom. The number of rotatable bonds is 3. The van der Waals surface area contributed by atoms with Gasteiger partial charge in [-0.1, -0.05) is 6.07 Å². The van der Waals surface area contributed by atoms with Crippen LogP contribution in [-0.4, -0.2) is 20.5 Å². The minimum absolute atomic E-state index is 0. The highest BCUT2D eigenvalue weighted by Gasteiger charge is 2.04. The standard InChI is InChI=1S/C10H10N2O2.ClH/c13-10(14)5-4-8-7-11-9-3-1-2-6-12(8)9;/h1-3,6-7H,4-5H2,(H,13,14);1H. The van der Waals surface area contributed by atoms with Crippen LogP contribution in [0.4, 0.5) is 0 Å². The van der Waals surface area contributed by atoms with Gasteiger partial charge in [0.25, 0.3) is 0 Å². The molecule has 0 saturated heterocycles. The number of pyridine rings is 1. The summed E-state index contributed by atoms with van der Waals surface area (Å²) in [6.45, 7) is 0. The van der Waals surface area contributed by atoms with Gasteiger partial charge in [0, 0.05) is 24.5 Å². The molecule has 80 valence electrons. The van der Waals surface area contributed by atoms with Gasteiger partial charge < -0.3 is 9.51 Å². The first-order chi connectivity index (χ1) is 6.77. The molecule has 0 saturated carbocycles. The van der Waals surface area contributed by atoms with Gasteiger partial charge in [0.2, 0.25) is 0 Å². The van der Waals surface area contributed by atoms with Gasteiger partial charge in [-0.25, -0.2) is 4.98 Å². The van der Waals surface area contributed by atoms with E-state index in [0.29, 0.717) is 6.42 Å². The third-order valence-corrected chi connectivity index (χ3v) is 2.09. The van der Waals surface area contributed by atoms with Gasteiger partial charge in [-0.15, -0.1) is 12.4 Å². The first-order valence-corrected chi connectivity index (χ1v) is 4.40. The number of carboxylic acids is 1. The maximum Gasteiger partial charge on any atom is 0.303 e. The van der Waals surface area contributed by atoms with Crippen LogP contribution in [0.2, 0.25) is 0 Å². The molecule has 2 aromatic rings. The molecule has 0 amide bonds. The predicted octanol–water partition coefficient (Wildman–Crippen LogP) is 1.77. The maximum atomic E-state index is 10.4. The number of imidazole rings is 1. The summed E-state index contributed by atoms with van der Waals surface area (Å²) in [5.41, 5.74) is 1.79. The number of halogens is 1. The van der Waals surface area contributed by atoms with Crippen LogP contribution in [0.25, 0.3) is 5.65 Å². The average Bonchev–Trinajstić information content (AvgIpc) is 2.58. The molecule has 0 radical (unpaired) electrons. The highest BCUT2D eigenvalue weighted by molar-refractivity contribution is 5.85. The number of nitrogens with zero attached hydrogens (tertiary/aromatic N) is 2. The first-order valence-electron chi connectivity index (χ1n) is 4.40. The van der Waals surface area contributed by atoms with Crippen molar-refractivity contribution in [2.75, 3.05) is 0 Å². The number of fused-ring (bicyclic) bond motifs is 1. The van der Waals surface area contributed by atoms with E-state index in [2.05, 4.69) is 4.98 Å². The lowest BCUT2D eigenvalue weighted by Crippen LogP contribution is -1.99. The van der Waals surface area contributed by atoms with Crippen molar-refractivity contribution in [1.29, 1.82) is 0 Å². The fraction of sp³-hybridized carbons (Fsp3) is 0.200. The van der Waals surface area contributed by atoms with E-state index in [-0.39, 0.29) is 18.8 Å². The summed E-state index contributed by atoms with van der Waals surface area (Å²) in [4.78, 5) is 14.6. The van der Waals surface area contributed by atoms with Gasteiger partial charge in [0.15, 0.2) is 0 Å². The van der Waals surface area contributed by atoms with Crippen molar-refractivity contribution in [3.63, 3.8) is 0 Å². The average molecular weight is 227 g/mol. The Labute approximate surface area is 93.0 Å². The van der Waals surface area contributed by atoms with Gasteiger partial charge in [-0.3, -0.25) is 4.79 Å². The molecule has 0 unspecified atom stereocenters. The molecule has 15 heavy (non-hydrogen) atoms. The number of hydrogen-bond acceptors (Lipinski definition) is 2. The second kappa shape index (κ2) is 4.79. The van der Waals surface area contributed by atoms with Crippen molar-refractivity contribution in [3.8, 4) is 0 Å². The third-order valence-electron chi connectivity index (χ3n) is 2.09. The van der Waals surface area contributed by atoms with Gasteiger partial charge in [-0.05, 0) is 12.1 Å². The van der Waals surface area contributed by atoms with Crippen LogP contribution >= 0.6 is 12.4 Å². The molecule has 0 spiro atoms. The Kier molecular flexibility index (Phi) is 3.68. The fourth-order valence-corrected chi connectivity index (χ4v) is 1.41. The first kappa shape index (κ1) is 11.5. The van der Waals surface area contributed by atoms with E-state index >= 15 is 0 Å². The molecule has 0 atom stereocenters. The summed E-state index contributed by atoms with van der Waals surface area (Å²) in [5.74, 6) is -0.782. The molecular formula is C10H11ClN2O2. The molecule has 0 aromatic carbocycles. The molecule has 2 aromatic heterocycles. The van der Waals surface area contributed by atoms with Gasteiger partial charge in [0.05, 0.1) is 6.42 Å². The maximum absolute atomic E-state index is 10.4. The zero-order valence-corrected chi connectivity index (χ0v) is 8.78. The van der Waals surface area contributed by atoms with E-state index in [1.165, 1.54) is 0 Å². The summed E-state index contributed by atoms with van der Waals surface area (Å²) in [7, 11) is 0. The van der Waals surface area contributed by atoms with Crippen molar-refractivity contribution in [2.45, 2.75) is 12.8 Å². The normalized spacial score (nSPS) is 9.87. The van der Waals surface area contributed by atoms with E-state index in [9.17, 15) is 4.79 Å². The van der Waals surface area contributed by atoms with Crippen molar-refractivity contribution < 1.29 is 9.90 Å². The second-order valence-electron chi connectivity index (χ2n) is 3.07. The lowest BCUT2D eigenvalue weighted by molar-refractivity contribution is -0.136. The summed E-state index contributed by atoms with van der Waals surface area (Å²) in [5, 5.41) is 8.55. The molecule has 2 heterocycles. The lowest BCUT2D eigenvalue weighted by Gasteiger charge is -1.98. The number of aliphatic carboxylic acids is 1. The SMILES string of the molecule is Cl.O=C(O)CCc1cnc2ccccn12. The van der Waals surface area contributed by atoms with E-state index in [4.69, 9.17) is 5.11 Å². The Bertz CT molecular complexity index is 467. The minimum Gasteiger partial charge on any atom is -0.481 e. The summed E-state index contributed by atoms with van der Waals surface area (Å²) >= 11 is 0. The van der Waals surface area contributed by atoms with E-state index in [1.54, 1.807) is 6.20 Å².